The Morgan fingerprint density at radius 3 is 2.54 bits per heavy atom. The summed E-state index contributed by atoms with van der Waals surface area (Å²) >= 11 is 0. The van der Waals surface area contributed by atoms with E-state index in [2.05, 4.69) is 24.3 Å². The van der Waals surface area contributed by atoms with Crippen LogP contribution in [0.5, 0.6) is 0 Å². The number of fused-ring (bicyclic) bond motifs is 2. The Morgan fingerprint density at radius 2 is 1.96 bits per heavy atom. The van der Waals surface area contributed by atoms with Gasteiger partial charge in [-0.2, -0.15) is 0 Å². The minimum atomic E-state index is -0.268. The Labute approximate surface area is 143 Å². The van der Waals surface area contributed by atoms with Gasteiger partial charge in [-0.25, -0.2) is 0 Å². The summed E-state index contributed by atoms with van der Waals surface area (Å²) in [4.78, 5) is 26.9. The standard InChI is InChI=1S/C20H26N2O2/c21-18(23)16-8-9-22(13-16)19(24)20(11-14-4-2-1-3-5-14)12-15-6-7-17(20)10-15/h1-5,15-17H,6-13H2,(H2,21,23)/t15-,16-,17-,20+/m0/s1. The van der Waals surface area contributed by atoms with Crippen molar-refractivity contribution in [3.8, 4) is 0 Å². The van der Waals surface area contributed by atoms with Crippen molar-refractivity contribution in [1.29, 1.82) is 0 Å². The normalized spacial score (nSPS) is 34.7. The van der Waals surface area contributed by atoms with Crippen molar-refractivity contribution in [2.75, 3.05) is 13.1 Å². The summed E-state index contributed by atoms with van der Waals surface area (Å²) in [5, 5.41) is 0. The molecule has 0 radical (unpaired) electrons. The van der Waals surface area contributed by atoms with E-state index in [1.54, 1.807) is 0 Å². The Hall–Kier alpha value is -1.84. The first-order valence-corrected chi connectivity index (χ1v) is 9.21. The molecule has 128 valence electrons. The molecule has 2 saturated carbocycles. The molecule has 1 aliphatic heterocycles. The molecule has 2 N–H and O–H groups in total. The monoisotopic (exact) mass is 326 g/mol. The highest BCUT2D eigenvalue weighted by Gasteiger charge is 2.56. The number of rotatable bonds is 4. The van der Waals surface area contributed by atoms with Crippen molar-refractivity contribution < 1.29 is 9.59 Å². The molecule has 0 spiro atoms. The zero-order valence-electron chi connectivity index (χ0n) is 14.1. The molecule has 0 aromatic heterocycles. The predicted octanol–water partition coefficient (Wildman–Crippen LogP) is 2.37. The van der Waals surface area contributed by atoms with Gasteiger partial charge in [0, 0.05) is 13.1 Å². The summed E-state index contributed by atoms with van der Waals surface area (Å²) in [7, 11) is 0. The molecular formula is C20H26N2O2. The fourth-order valence-corrected chi connectivity index (χ4v) is 5.45. The summed E-state index contributed by atoms with van der Waals surface area (Å²) in [6.45, 7) is 1.20. The van der Waals surface area contributed by atoms with Crippen LogP contribution in [0.4, 0.5) is 0 Å². The topological polar surface area (TPSA) is 63.4 Å². The molecule has 2 bridgehead atoms. The van der Waals surface area contributed by atoms with E-state index in [4.69, 9.17) is 5.73 Å². The fourth-order valence-electron chi connectivity index (χ4n) is 5.45. The average Bonchev–Trinajstić information content (AvgIpc) is 3.31. The van der Waals surface area contributed by atoms with Crippen molar-refractivity contribution in [3.05, 3.63) is 35.9 Å². The third-order valence-electron chi connectivity index (χ3n) is 6.64. The molecule has 3 fully saturated rings. The van der Waals surface area contributed by atoms with Crippen molar-refractivity contribution in [3.63, 3.8) is 0 Å². The van der Waals surface area contributed by atoms with E-state index in [1.165, 1.54) is 24.8 Å². The van der Waals surface area contributed by atoms with Crippen LogP contribution in [0.3, 0.4) is 0 Å². The quantitative estimate of drug-likeness (QED) is 0.923. The molecule has 2 aliphatic carbocycles. The number of likely N-dealkylation sites (tertiary alicyclic amines) is 1. The summed E-state index contributed by atoms with van der Waals surface area (Å²) in [6, 6.07) is 10.4. The second-order valence-corrected chi connectivity index (χ2v) is 8.04. The van der Waals surface area contributed by atoms with Crippen LogP contribution in [-0.4, -0.2) is 29.8 Å². The summed E-state index contributed by atoms with van der Waals surface area (Å²) in [5.41, 5.74) is 6.45. The lowest BCUT2D eigenvalue weighted by Gasteiger charge is -2.39. The third kappa shape index (κ3) is 2.52. The van der Waals surface area contributed by atoms with Gasteiger partial charge in [0.05, 0.1) is 11.3 Å². The molecule has 1 heterocycles. The Bertz CT molecular complexity index is 644. The molecule has 0 unspecified atom stereocenters. The van der Waals surface area contributed by atoms with E-state index in [0.29, 0.717) is 24.9 Å². The molecular weight excluding hydrogens is 300 g/mol. The van der Waals surface area contributed by atoms with E-state index >= 15 is 0 Å². The largest absolute Gasteiger partial charge is 0.369 e. The SMILES string of the molecule is NC(=O)[C@H]1CCN(C(=O)[C@]2(Cc3ccccc3)C[C@H]3CC[C@H]2C3)C1. The molecule has 1 aromatic carbocycles. The number of nitrogens with zero attached hydrogens (tertiary/aromatic N) is 1. The van der Waals surface area contributed by atoms with E-state index < -0.39 is 0 Å². The fraction of sp³-hybridized carbons (Fsp3) is 0.600. The minimum absolute atomic E-state index is 0.165. The Balaban J connectivity index is 1.59. The van der Waals surface area contributed by atoms with Gasteiger partial charge in [0.1, 0.15) is 0 Å². The van der Waals surface area contributed by atoms with Crippen LogP contribution < -0.4 is 5.73 Å². The van der Waals surface area contributed by atoms with Gasteiger partial charge in [-0.1, -0.05) is 36.8 Å². The maximum atomic E-state index is 13.5. The zero-order valence-corrected chi connectivity index (χ0v) is 14.1. The number of benzene rings is 1. The maximum Gasteiger partial charge on any atom is 0.229 e. The predicted molar refractivity (Wildman–Crippen MR) is 91.9 cm³/mol. The van der Waals surface area contributed by atoms with Crippen LogP contribution >= 0.6 is 0 Å². The Morgan fingerprint density at radius 1 is 1.17 bits per heavy atom. The smallest absolute Gasteiger partial charge is 0.229 e. The molecule has 4 rings (SSSR count). The van der Waals surface area contributed by atoms with Crippen LogP contribution in [0.15, 0.2) is 30.3 Å². The summed E-state index contributed by atoms with van der Waals surface area (Å²) in [5.74, 6) is 1.05. The number of carbonyl (C=O) groups excluding carboxylic acids is 2. The van der Waals surface area contributed by atoms with Crippen LogP contribution in [0.25, 0.3) is 0 Å². The lowest BCUT2D eigenvalue weighted by molar-refractivity contribution is -0.144. The van der Waals surface area contributed by atoms with Gasteiger partial charge in [0.15, 0.2) is 0 Å². The molecule has 4 heteroatoms. The van der Waals surface area contributed by atoms with Crippen LogP contribution in [0.1, 0.15) is 37.7 Å². The second-order valence-electron chi connectivity index (χ2n) is 8.04. The summed E-state index contributed by atoms with van der Waals surface area (Å²) < 4.78 is 0. The molecule has 1 saturated heterocycles. The van der Waals surface area contributed by atoms with Crippen molar-refractivity contribution >= 4 is 11.8 Å². The van der Waals surface area contributed by atoms with Crippen molar-refractivity contribution in [2.24, 2.45) is 28.9 Å². The van der Waals surface area contributed by atoms with E-state index in [9.17, 15) is 9.59 Å². The van der Waals surface area contributed by atoms with Crippen molar-refractivity contribution in [1.82, 2.24) is 4.90 Å². The molecule has 24 heavy (non-hydrogen) atoms. The Kier molecular flexibility index (Phi) is 3.86. The number of hydrogen-bond donors (Lipinski definition) is 1. The van der Waals surface area contributed by atoms with Gasteiger partial charge < -0.3 is 10.6 Å². The van der Waals surface area contributed by atoms with Gasteiger partial charge in [0.25, 0.3) is 0 Å². The van der Waals surface area contributed by atoms with Gasteiger partial charge in [-0.05, 0) is 49.5 Å². The molecule has 4 atom stereocenters. The number of amides is 2. The van der Waals surface area contributed by atoms with Crippen LogP contribution in [-0.2, 0) is 16.0 Å². The molecule has 4 nitrogen and oxygen atoms in total. The van der Waals surface area contributed by atoms with Crippen LogP contribution in [0.2, 0.25) is 0 Å². The van der Waals surface area contributed by atoms with Gasteiger partial charge in [0.2, 0.25) is 11.8 Å². The molecule has 1 aromatic rings. The van der Waals surface area contributed by atoms with E-state index in [1.807, 2.05) is 11.0 Å². The highest BCUT2D eigenvalue weighted by atomic mass is 16.2. The second kappa shape index (κ2) is 5.91. The molecule has 3 aliphatic rings. The lowest BCUT2D eigenvalue weighted by atomic mass is 9.68. The summed E-state index contributed by atoms with van der Waals surface area (Å²) in [6.07, 6.45) is 6.23. The number of hydrogen-bond acceptors (Lipinski definition) is 2. The van der Waals surface area contributed by atoms with Crippen LogP contribution in [0, 0.1) is 23.2 Å². The number of nitrogens with two attached hydrogens (primary N) is 1. The van der Waals surface area contributed by atoms with Crippen molar-refractivity contribution in [2.45, 2.75) is 38.5 Å². The number of primary amides is 1. The van der Waals surface area contributed by atoms with E-state index in [0.717, 1.165) is 19.3 Å². The molecule has 2 amide bonds. The lowest BCUT2D eigenvalue weighted by Crippen LogP contribution is -2.47. The number of carbonyl (C=O) groups is 2. The highest BCUT2D eigenvalue weighted by Crippen LogP contribution is 2.58. The first kappa shape index (κ1) is 15.7. The van der Waals surface area contributed by atoms with Gasteiger partial charge in [-0.3, -0.25) is 9.59 Å². The first-order valence-electron chi connectivity index (χ1n) is 9.21. The first-order chi connectivity index (χ1) is 11.6. The third-order valence-corrected chi connectivity index (χ3v) is 6.64. The van der Waals surface area contributed by atoms with Gasteiger partial charge in [-0.15, -0.1) is 0 Å². The maximum absolute atomic E-state index is 13.5. The van der Waals surface area contributed by atoms with Gasteiger partial charge >= 0.3 is 0 Å². The zero-order chi connectivity index (χ0) is 16.7. The van der Waals surface area contributed by atoms with E-state index in [-0.39, 0.29) is 23.1 Å². The minimum Gasteiger partial charge on any atom is -0.369 e. The highest BCUT2D eigenvalue weighted by molar-refractivity contribution is 5.86. The average molecular weight is 326 g/mol.